The number of hydrogen-bond acceptors (Lipinski definition) is 4. The second-order valence-corrected chi connectivity index (χ2v) is 9.95. The maximum absolute atomic E-state index is 12.6. The molecule has 1 aliphatic rings. The minimum Gasteiger partial charge on any atom is -0.352 e. The van der Waals surface area contributed by atoms with Crippen molar-refractivity contribution in [3.63, 3.8) is 0 Å². The van der Waals surface area contributed by atoms with Crippen LogP contribution in [0.15, 0.2) is 59.5 Å². The largest absolute Gasteiger partial charge is 0.352 e. The molecule has 168 valence electrons. The van der Waals surface area contributed by atoms with Crippen LogP contribution in [0.2, 0.25) is 0 Å². The Hall–Kier alpha value is -2.22. The van der Waals surface area contributed by atoms with E-state index in [2.05, 4.69) is 21.9 Å². The zero-order chi connectivity index (χ0) is 22.1. The van der Waals surface area contributed by atoms with Crippen molar-refractivity contribution in [2.45, 2.75) is 56.5 Å². The third-order valence-electron chi connectivity index (χ3n) is 5.81. The summed E-state index contributed by atoms with van der Waals surface area (Å²) in [7, 11) is -3.70. The topological polar surface area (TPSA) is 78.5 Å². The zero-order valence-electron chi connectivity index (χ0n) is 18.2. The molecule has 0 aromatic heterocycles. The molecule has 1 unspecified atom stereocenters. The Morgan fingerprint density at radius 3 is 2.65 bits per heavy atom. The van der Waals surface area contributed by atoms with Crippen molar-refractivity contribution in [3.8, 4) is 0 Å². The van der Waals surface area contributed by atoms with E-state index in [-0.39, 0.29) is 17.3 Å². The summed E-state index contributed by atoms with van der Waals surface area (Å²) in [6.45, 7) is 5.32. The highest BCUT2D eigenvalue weighted by Crippen LogP contribution is 2.16. The summed E-state index contributed by atoms with van der Waals surface area (Å²) >= 11 is 0. The summed E-state index contributed by atoms with van der Waals surface area (Å²) in [5, 5.41) is 2.91. The van der Waals surface area contributed by atoms with Crippen molar-refractivity contribution >= 4 is 15.9 Å². The number of hydrogen-bond donors (Lipinski definition) is 2. The van der Waals surface area contributed by atoms with Crippen molar-refractivity contribution in [2.24, 2.45) is 0 Å². The number of piperidine rings is 1. The molecule has 0 aliphatic carbocycles. The average molecular weight is 444 g/mol. The van der Waals surface area contributed by atoms with Gasteiger partial charge < -0.3 is 10.2 Å². The zero-order valence-corrected chi connectivity index (χ0v) is 19.0. The van der Waals surface area contributed by atoms with Crippen LogP contribution in [0.4, 0.5) is 0 Å². The first-order chi connectivity index (χ1) is 15.0. The fourth-order valence-corrected chi connectivity index (χ4v) is 4.96. The molecule has 1 fully saturated rings. The predicted molar refractivity (Wildman–Crippen MR) is 123 cm³/mol. The van der Waals surface area contributed by atoms with Crippen LogP contribution in [0.25, 0.3) is 0 Å². The van der Waals surface area contributed by atoms with Gasteiger partial charge in [-0.25, -0.2) is 13.1 Å². The lowest BCUT2D eigenvalue weighted by atomic mass is 10.0. The number of rotatable bonds is 10. The lowest BCUT2D eigenvalue weighted by Gasteiger charge is -2.33. The Kier molecular flexibility index (Phi) is 8.63. The van der Waals surface area contributed by atoms with Gasteiger partial charge in [-0.2, -0.15) is 0 Å². The number of nitrogens with zero attached hydrogens (tertiary/aromatic N) is 1. The first-order valence-corrected chi connectivity index (χ1v) is 12.6. The van der Waals surface area contributed by atoms with E-state index in [1.54, 1.807) is 12.1 Å². The molecular weight excluding hydrogens is 410 g/mol. The van der Waals surface area contributed by atoms with Crippen LogP contribution in [0, 0.1) is 0 Å². The number of unbranched alkanes of at least 4 members (excludes halogenated alkanes) is 1. The van der Waals surface area contributed by atoms with E-state index in [4.69, 9.17) is 0 Å². The molecule has 1 atom stereocenters. The Labute approximate surface area is 186 Å². The molecule has 0 radical (unpaired) electrons. The first kappa shape index (κ1) is 23.4. The molecule has 0 bridgehead atoms. The van der Waals surface area contributed by atoms with E-state index in [1.807, 2.05) is 30.3 Å². The van der Waals surface area contributed by atoms with E-state index in [0.29, 0.717) is 18.2 Å². The molecule has 31 heavy (non-hydrogen) atoms. The summed E-state index contributed by atoms with van der Waals surface area (Å²) < 4.78 is 27.8. The fraction of sp³-hybridized carbons (Fsp3) is 0.458. The van der Waals surface area contributed by atoms with Crippen molar-refractivity contribution in [3.05, 3.63) is 65.7 Å². The highest BCUT2D eigenvalue weighted by Gasteiger charge is 2.18. The molecule has 1 saturated heterocycles. The maximum atomic E-state index is 12.6. The first-order valence-electron chi connectivity index (χ1n) is 11.1. The molecule has 0 saturated carbocycles. The number of amides is 1. The van der Waals surface area contributed by atoms with Gasteiger partial charge in [0.25, 0.3) is 5.91 Å². The summed E-state index contributed by atoms with van der Waals surface area (Å²) in [5.41, 5.74) is 1.23. The monoisotopic (exact) mass is 443 g/mol. The second kappa shape index (κ2) is 11.4. The molecule has 3 rings (SSSR count). The lowest BCUT2D eigenvalue weighted by Crippen LogP contribution is -2.38. The highest BCUT2D eigenvalue weighted by atomic mass is 32.2. The van der Waals surface area contributed by atoms with Gasteiger partial charge in [0.1, 0.15) is 0 Å². The van der Waals surface area contributed by atoms with Crippen LogP contribution in [0.1, 0.15) is 54.9 Å². The van der Waals surface area contributed by atoms with Crippen LogP contribution in [-0.2, 0) is 16.6 Å². The minimum atomic E-state index is -3.70. The van der Waals surface area contributed by atoms with Gasteiger partial charge >= 0.3 is 0 Å². The molecule has 1 amide bonds. The van der Waals surface area contributed by atoms with Gasteiger partial charge in [0.2, 0.25) is 10.0 Å². The molecule has 2 aromatic carbocycles. The number of likely N-dealkylation sites (tertiary alicyclic amines) is 1. The van der Waals surface area contributed by atoms with Gasteiger partial charge in [-0.1, -0.05) is 42.8 Å². The fourth-order valence-electron chi connectivity index (χ4n) is 3.90. The Morgan fingerprint density at radius 2 is 1.87 bits per heavy atom. The van der Waals surface area contributed by atoms with Gasteiger partial charge in [-0.3, -0.25) is 4.79 Å². The summed E-state index contributed by atoms with van der Waals surface area (Å²) in [5.74, 6) is -0.244. The molecule has 2 aromatic rings. The van der Waals surface area contributed by atoms with Gasteiger partial charge in [-0.05, 0) is 69.5 Å². The number of carbonyl (C=O) groups is 1. The Bertz CT molecular complexity index is 948. The van der Waals surface area contributed by atoms with Crippen LogP contribution in [0.3, 0.4) is 0 Å². The number of sulfonamides is 1. The van der Waals surface area contributed by atoms with Crippen molar-refractivity contribution in [1.82, 2.24) is 14.9 Å². The van der Waals surface area contributed by atoms with E-state index in [9.17, 15) is 13.2 Å². The van der Waals surface area contributed by atoms with E-state index < -0.39 is 10.0 Å². The van der Waals surface area contributed by atoms with E-state index in [0.717, 1.165) is 24.9 Å². The number of benzene rings is 2. The third kappa shape index (κ3) is 7.16. The normalized spacial score (nSPS) is 17.4. The van der Waals surface area contributed by atoms with Crippen LogP contribution < -0.4 is 10.0 Å². The molecule has 1 heterocycles. The van der Waals surface area contributed by atoms with E-state index >= 15 is 0 Å². The van der Waals surface area contributed by atoms with Gasteiger partial charge in [0.15, 0.2) is 0 Å². The Morgan fingerprint density at radius 1 is 1.06 bits per heavy atom. The van der Waals surface area contributed by atoms with Crippen molar-refractivity contribution in [2.75, 3.05) is 19.6 Å². The number of nitrogens with one attached hydrogen (secondary N) is 2. The smallest absolute Gasteiger partial charge is 0.251 e. The predicted octanol–water partition coefficient (Wildman–Crippen LogP) is 3.55. The molecule has 6 nitrogen and oxygen atoms in total. The summed E-state index contributed by atoms with van der Waals surface area (Å²) in [4.78, 5) is 15.1. The van der Waals surface area contributed by atoms with Gasteiger partial charge in [0.05, 0.1) is 4.90 Å². The molecule has 2 N–H and O–H groups in total. The van der Waals surface area contributed by atoms with Gasteiger partial charge in [-0.15, -0.1) is 0 Å². The Balaban J connectivity index is 1.46. The van der Waals surface area contributed by atoms with Gasteiger partial charge in [0, 0.05) is 24.7 Å². The maximum Gasteiger partial charge on any atom is 0.251 e. The third-order valence-corrected chi connectivity index (χ3v) is 7.21. The van der Waals surface area contributed by atoms with Crippen LogP contribution in [0.5, 0.6) is 0 Å². The molecule has 0 spiro atoms. The van der Waals surface area contributed by atoms with Crippen molar-refractivity contribution in [1.29, 1.82) is 0 Å². The standard InChI is InChI=1S/C24H33N3O3S/c1-20-10-5-7-16-27(20)17-8-6-15-25-24(28)22-13-9-14-23(18-22)31(29,30)26-19-21-11-3-2-4-12-21/h2-4,9,11-14,18,20,26H,5-8,10,15-17,19H2,1H3,(H,25,28). The summed E-state index contributed by atoms with van der Waals surface area (Å²) in [6.07, 6.45) is 5.83. The highest BCUT2D eigenvalue weighted by molar-refractivity contribution is 7.89. The molecular formula is C24H33N3O3S. The van der Waals surface area contributed by atoms with Crippen LogP contribution >= 0.6 is 0 Å². The molecule has 1 aliphatic heterocycles. The lowest BCUT2D eigenvalue weighted by molar-refractivity contribution is 0.0951. The van der Waals surface area contributed by atoms with Crippen molar-refractivity contribution < 1.29 is 13.2 Å². The SMILES string of the molecule is CC1CCCCN1CCCCNC(=O)c1cccc(S(=O)(=O)NCc2ccccc2)c1. The molecule has 7 heteroatoms. The number of carbonyl (C=O) groups excluding carboxylic acids is 1. The summed E-state index contributed by atoms with van der Waals surface area (Å²) in [6, 6.07) is 16.2. The second-order valence-electron chi connectivity index (χ2n) is 8.18. The average Bonchev–Trinajstić information content (AvgIpc) is 2.79. The van der Waals surface area contributed by atoms with Crippen LogP contribution in [-0.4, -0.2) is 44.9 Å². The van der Waals surface area contributed by atoms with E-state index in [1.165, 1.54) is 37.9 Å². The minimum absolute atomic E-state index is 0.0927. The quantitative estimate of drug-likeness (QED) is 0.551.